The summed E-state index contributed by atoms with van der Waals surface area (Å²) in [5.74, 6) is -0.000648. The lowest BCUT2D eigenvalue weighted by Gasteiger charge is -2.21. The Kier molecular flexibility index (Phi) is 7.37. The van der Waals surface area contributed by atoms with E-state index in [0.29, 0.717) is 5.70 Å². The molecular formula is C21H27N3. The molecule has 1 atom stereocenters. The van der Waals surface area contributed by atoms with E-state index in [-0.39, 0.29) is 5.92 Å². The first-order valence-electron chi connectivity index (χ1n) is 7.79. The number of hydrogen-bond donors (Lipinski definition) is 3. The van der Waals surface area contributed by atoms with Crippen LogP contribution >= 0.6 is 0 Å². The first-order chi connectivity index (χ1) is 11.4. The largest absolute Gasteiger partial charge is 0.402 e. The molecule has 0 aromatic heterocycles. The molecule has 0 heterocycles. The first-order valence-corrected chi connectivity index (χ1v) is 7.79. The van der Waals surface area contributed by atoms with E-state index in [1.807, 2.05) is 62.4 Å². The topological polar surface area (TPSA) is 78.1 Å². The number of rotatable bonds is 7. The van der Waals surface area contributed by atoms with Crippen molar-refractivity contribution in [2.75, 3.05) is 5.73 Å². The number of benzene rings is 1. The second kappa shape index (κ2) is 9.26. The molecule has 1 unspecified atom stereocenters. The van der Waals surface area contributed by atoms with Gasteiger partial charge in [0.05, 0.1) is 0 Å². The summed E-state index contributed by atoms with van der Waals surface area (Å²) in [6.45, 7) is 11.5. The van der Waals surface area contributed by atoms with Crippen molar-refractivity contribution in [3.05, 3.63) is 102 Å². The lowest BCUT2D eigenvalue weighted by Crippen LogP contribution is -2.05. The van der Waals surface area contributed by atoms with Gasteiger partial charge in [-0.2, -0.15) is 0 Å². The van der Waals surface area contributed by atoms with Crippen LogP contribution in [0, 0.1) is 0 Å². The minimum Gasteiger partial charge on any atom is -0.402 e. The van der Waals surface area contributed by atoms with E-state index < -0.39 is 0 Å². The van der Waals surface area contributed by atoms with Gasteiger partial charge in [-0.3, -0.25) is 0 Å². The van der Waals surface area contributed by atoms with Crippen LogP contribution < -0.4 is 17.2 Å². The molecule has 0 aliphatic carbocycles. The molecule has 0 aliphatic heterocycles. The highest BCUT2D eigenvalue weighted by molar-refractivity contribution is 5.51. The molecule has 0 saturated heterocycles. The second-order valence-electron chi connectivity index (χ2n) is 5.58. The minimum absolute atomic E-state index is 0.000648. The van der Waals surface area contributed by atoms with E-state index in [1.165, 1.54) is 0 Å². The molecule has 24 heavy (non-hydrogen) atoms. The van der Waals surface area contributed by atoms with Crippen molar-refractivity contribution < 1.29 is 0 Å². The Labute approximate surface area is 145 Å². The third-order valence-electron chi connectivity index (χ3n) is 3.53. The van der Waals surface area contributed by atoms with Gasteiger partial charge in [0.2, 0.25) is 0 Å². The summed E-state index contributed by atoms with van der Waals surface area (Å²) in [5.41, 5.74) is 22.5. The average Bonchev–Trinajstić information content (AvgIpc) is 2.54. The van der Waals surface area contributed by atoms with Gasteiger partial charge in [-0.05, 0) is 54.8 Å². The maximum atomic E-state index is 5.82. The zero-order valence-corrected chi connectivity index (χ0v) is 14.5. The van der Waals surface area contributed by atoms with Gasteiger partial charge in [0.1, 0.15) is 0 Å². The van der Waals surface area contributed by atoms with Crippen LogP contribution in [0.1, 0.15) is 25.3 Å². The van der Waals surface area contributed by atoms with E-state index in [0.717, 1.165) is 28.1 Å². The number of nitrogen functional groups attached to an aromatic ring is 1. The van der Waals surface area contributed by atoms with Gasteiger partial charge in [-0.1, -0.05) is 49.6 Å². The quantitative estimate of drug-likeness (QED) is 0.517. The molecule has 3 heteroatoms. The maximum absolute atomic E-state index is 5.82. The fraction of sp³-hybridized carbons (Fsp3) is 0.143. The zero-order valence-electron chi connectivity index (χ0n) is 14.5. The van der Waals surface area contributed by atoms with Crippen LogP contribution in [-0.2, 0) is 0 Å². The van der Waals surface area contributed by atoms with E-state index in [1.54, 1.807) is 6.08 Å². The molecule has 126 valence electrons. The molecule has 0 aliphatic rings. The van der Waals surface area contributed by atoms with E-state index in [2.05, 4.69) is 19.2 Å². The Balaban J connectivity index is 3.47. The monoisotopic (exact) mass is 321 g/mol. The average molecular weight is 321 g/mol. The second-order valence-corrected chi connectivity index (χ2v) is 5.58. The lowest BCUT2D eigenvalue weighted by atomic mass is 9.83. The van der Waals surface area contributed by atoms with Crippen molar-refractivity contribution in [3.63, 3.8) is 0 Å². The molecule has 0 bridgehead atoms. The third kappa shape index (κ3) is 5.69. The summed E-state index contributed by atoms with van der Waals surface area (Å²) < 4.78 is 0. The van der Waals surface area contributed by atoms with Crippen LogP contribution in [0.4, 0.5) is 5.69 Å². The Morgan fingerprint density at radius 3 is 2.12 bits per heavy atom. The Hall–Kier alpha value is -2.94. The molecule has 0 amide bonds. The Morgan fingerprint density at radius 1 is 1.04 bits per heavy atom. The van der Waals surface area contributed by atoms with Gasteiger partial charge in [0.25, 0.3) is 0 Å². The van der Waals surface area contributed by atoms with E-state index in [9.17, 15) is 0 Å². The minimum atomic E-state index is -0.000648. The summed E-state index contributed by atoms with van der Waals surface area (Å²) >= 11 is 0. The maximum Gasteiger partial charge on any atom is 0.0336 e. The molecule has 1 aromatic carbocycles. The molecule has 0 fully saturated rings. The van der Waals surface area contributed by atoms with Crippen LogP contribution in [0.5, 0.6) is 0 Å². The van der Waals surface area contributed by atoms with Crippen LogP contribution in [0.15, 0.2) is 96.4 Å². The van der Waals surface area contributed by atoms with Crippen molar-refractivity contribution in [2.24, 2.45) is 11.5 Å². The van der Waals surface area contributed by atoms with E-state index in [4.69, 9.17) is 17.2 Å². The lowest BCUT2D eigenvalue weighted by molar-refractivity contribution is 0.973. The van der Waals surface area contributed by atoms with Gasteiger partial charge >= 0.3 is 0 Å². The van der Waals surface area contributed by atoms with Crippen molar-refractivity contribution in [2.45, 2.75) is 19.8 Å². The summed E-state index contributed by atoms with van der Waals surface area (Å²) in [4.78, 5) is 0. The molecular weight excluding hydrogens is 294 g/mol. The highest BCUT2D eigenvalue weighted by Crippen LogP contribution is 2.34. The zero-order chi connectivity index (χ0) is 18.1. The summed E-state index contributed by atoms with van der Waals surface area (Å²) in [7, 11) is 0. The summed E-state index contributed by atoms with van der Waals surface area (Å²) in [6.07, 6.45) is 11.5. The van der Waals surface area contributed by atoms with Crippen LogP contribution in [0.3, 0.4) is 0 Å². The molecule has 0 spiro atoms. The molecule has 0 radical (unpaired) electrons. The molecule has 6 N–H and O–H groups in total. The van der Waals surface area contributed by atoms with Gasteiger partial charge < -0.3 is 17.2 Å². The number of allylic oxidation sites excluding steroid dienone is 9. The molecule has 0 saturated carbocycles. The van der Waals surface area contributed by atoms with Crippen molar-refractivity contribution in [1.29, 1.82) is 0 Å². The van der Waals surface area contributed by atoms with E-state index >= 15 is 0 Å². The van der Waals surface area contributed by atoms with Crippen molar-refractivity contribution in [1.82, 2.24) is 0 Å². The molecule has 1 rings (SSSR count). The normalized spacial score (nSPS) is 14.7. The van der Waals surface area contributed by atoms with Gasteiger partial charge in [0.15, 0.2) is 0 Å². The van der Waals surface area contributed by atoms with Crippen LogP contribution in [0.25, 0.3) is 0 Å². The predicted molar refractivity (Wildman–Crippen MR) is 106 cm³/mol. The number of hydrogen-bond acceptors (Lipinski definition) is 3. The Bertz CT molecular complexity index is 697. The smallest absolute Gasteiger partial charge is 0.0336 e. The van der Waals surface area contributed by atoms with Gasteiger partial charge in [-0.25, -0.2) is 0 Å². The van der Waals surface area contributed by atoms with Crippen molar-refractivity contribution >= 4 is 5.69 Å². The van der Waals surface area contributed by atoms with Gasteiger partial charge in [-0.15, -0.1) is 0 Å². The van der Waals surface area contributed by atoms with Crippen molar-refractivity contribution in [3.8, 4) is 0 Å². The highest BCUT2D eigenvalue weighted by Gasteiger charge is 2.17. The fourth-order valence-electron chi connectivity index (χ4n) is 2.34. The summed E-state index contributed by atoms with van der Waals surface area (Å²) in [6, 6.07) is 7.83. The van der Waals surface area contributed by atoms with Crippen LogP contribution in [0.2, 0.25) is 0 Å². The standard InChI is InChI=1S/C21H27N3/c1-5-17(9-7-15(3)22)21(18(6-2)10-8-16(4)23)19-11-13-20(24)14-12-19/h5-14,21H,1,4,22-24H2,2-3H3/b10-8-,15-7+,17-9+,18-6+. The number of nitrogens with two attached hydrogens (primary N) is 3. The SMILES string of the molecule is C=C/C(=C\C=C(/C)N)C(C(/C=C\C(=C)N)=C/C)c1ccc(N)cc1. The molecule has 3 nitrogen and oxygen atoms in total. The first kappa shape index (κ1) is 19.1. The van der Waals surface area contributed by atoms with Gasteiger partial charge in [0, 0.05) is 23.0 Å². The van der Waals surface area contributed by atoms with Crippen LogP contribution in [-0.4, -0.2) is 0 Å². The predicted octanol–water partition coefficient (Wildman–Crippen LogP) is 4.30. The molecule has 1 aromatic rings. The summed E-state index contributed by atoms with van der Waals surface area (Å²) in [5, 5.41) is 0. The number of anilines is 1. The Morgan fingerprint density at radius 2 is 1.67 bits per heavy atom. The highest BCUT2D eigenvalue weighted by atomic mass is 14.5. The fourth-order valence-corrected chi connectivity index (χ4v) is 2.34. The third-order valence-corrected chi connectivity index (χ3v) is 3.53.